The zero-order valence-electron chi connectivity index (χ0n) is 7.34. The highest BCUT2D eigenvalue weighted by Crippen LogP contribution is 2.46. The van der Waals surface area contributed by atoms with Gasteiger partial charge in [0.2, 0.25) is 0 Å². The molecule has 1 saturated carbocycles. The molecule has 1 aromatic heterocycles. The number of carboxylic acid groups (broad SMARTS) is 1. The summed E-state index contributed by atoms with van der Waals surface area (Å²) < 4.78 is 1.90. The van der Waals surface area contributed by atoms with Crippen LogP contribution in [-0.4, -0.2) is 25.8 Å². The van der Waals surface area contributed by atoms with E-state index in [4.69, 9.17) is 5.11 Å². The first kappa shape index (κ1) is 8.22. The SMILES string of the molecule is CCn1cnnc1C1CC1C(=O)O. The van der Waals surface area contributed by atoms with Crippen molar-refractivity contribution in [1.29, 1.82) is 0 Å². The quantitative estimate of drug-likeness (QED) is 0.736. The molecule has 0 bridgehead atoms. The van der Waals surface area contributed by atoms with Crippen LogP contribution in [0.4, 0.5) is 0 Å². The highest BCUT2D eigenvalue weighted by Gasteiger charge is 2.47. The van der Waals surface area contributed by atoms with E-state index in [0.717, 1.165) is 12.4 Å². The van der Waals surface area contributed by atoms with Crippen LogP contribution in [0.2, 0.25) is 0 Å². The molecule has 1 N–H and O–H groups in total. The van der Waals surface area contributed by atoms with Crippen LogP contribution in [0.25, 0.3) is 0 Å². The van der Waals surface area contributed by atoms with Crippen molar-refractivity contribution in [3.8, 4) is 0 Å². The van der Waals surface area contributed by atoms with Crippen molar-refractivity contribution in [3.05, 3.63) is 12.2 Å². The molecular weight excluding hydrogens is 170 g/mol. The molecule has 2 rings (SSSR count). The van der Waals surface area contributed by atoms with E-state index in [2.05, 4.69) is 10.2 Å². The largest absolute Gasteiger partial charge is 0.481 e. The van der Waals surface area contributed by atoms with E-state index in [1.54, 1.807) is 6.33 Å². The average Bonchev–Trinajstić information content (AvgIpc) is 2.77. The Morgan fingerprint density at radius 3 is 3.15 bits per heavy atom. The second kappa shape index (κ2) is 2.83. The van der Waals surface area contributed by atoms with E-state index >= 15 is 0 Å². The minimum absolute atomic E-state index is 0.0833. The Hall–Kier alpha value is -1.39. The lowest BCUT2D eigenvalue weighted by atomic mass is 10.3. The number of aryl methyl sites for hydroxylation is 1. The summed E-state index contributed by atoms with van der Waals surface area (Å²) in [5.41, 5.74) is 0. The Balaban J connectivity index is 2.15. The van der Waals surface area contributed by atoms with Gasteiger partial charge in [0.15, 0.2) is 0 Å². The summed E-state index contributed by atoms with van der Waals surface area (Å²) in [5, 5.41) is 16.4. The fourth-order valence-electron chi connectivity index (χ4n) is 1.55. The molecule has 1 heterocycles. The zero-order chi connectivity index (χ0) is 9.42. The van der Waals surface area contributed by atoms with Crippen molar-refractivity contribution in [3.63, 3.8) is 0 Å². The standard InChI is InChI=1S/C8H11N3O2/c1-2-11-4-9-10-7(11)5-3-6(5)8(12)13/h4-6H,2-3H2,1H3,(H,12,13). The first-order valence-electron chi connectivity index (χ1n) is 4.34. The molecule has 0 amide bonds. The Morgan fingerprint density at radius 1 is 1.85 bits per heavy atom. The van der Waals surface area contributed by atoms with E-state index in [1.807, 2.05) is 11.5 Å². The number of rotatable bonds is 3. The van der Waals surface area contributed by atoms with Gasteiger partial charge in [-0.2, -0.15) is 0 Å². The van der Waals surface area contributed by atoms with Crippen LogP contribution in [0, 0.1) is 5.92 Å². The fourth-order valence-corrected chi connectivity index (χ4v) is 1.55. The van der Waals surface area contributed by atoms with Crippen LogP contribution in [0.15, 0.2) is 6.33 Å². The smallest absolute Gasteiger partial charge is 0.307 e. The summed E-state index contributed by atoms with van der Waals surface area (Å²) in [6, 6.07) is 0. The minimum Gasteiger partial charge on any atom is -0.481 e. The summed E-state index contributed by atoms with van der Waals surface area (Å²) >= 11 is 0. The van der Waals surface area contributed by atoms with E-state index < -0.39 is 5.97 Å². The van der Waals surface area contributed by atoms with Gasteiger partial charge in [0.05, 0.1) is 5.92 Å². The van der Waals surface area contributed by atoms with Crippen LogP contribution >= 0.6 is 0 Å². The van der Waals surface area contributed by atoms with Gasteiger partial charge in [0, 0.05) is 12.5 Å². The van der Waals surface area contributed by atoms with Crippen molar-refractivity contribution >= 4 is 5.97 Å². The fraction of sp³-hybridized carbons (Fsp3) is 0.625. The zero-order valence-corrected chi connectivity index (χ0v) is 7.34. The molecule has 1 fully saturated rings. The molecule has 1 aromatic rings. The van der Waals surface area contributed by atoms with Gasteiger partial charge in [-0.3, -0.25) is 4.79 Å². The summed E-state index contributed by atoms with van der Waals surface area (Å²) in [6.45, 7) is 2.79. The lowest BCUT2D eigenvalue weighted by Gasteiger charge is -1.99. The van der Waals surface area contributed by atoms with Crippen molar-refractivity contribution in [2.75, 3.05) is 0 Å². The van der Waals surface area contributed by atoms with Gasteiger partial charge in [-0.05, 0) is 13.3 Å². The predicted molar refractivity (Wildman–Crippen MR) is 44.2 cm³/mol. The van der Waals surface area contributed by atoms with Crippen LogP contribution in [0.1, 0.15) is 25.1 Å². The van der Waals surface area contributed by atoms with Gasteiger partial charge in [-0.15, -0.1) is 10.2 Å². The van der Waals surface area contributed by atoms with Gasteiger partial charge in [-0.25, -0.2) is 0 Å². The Kier molecular flexibility index (Phi) is 1.79. The lowest BCUT2D eigenvalue weighted by Crippen LogP contribution is -2.04. The number of nitrogens with zero attached hydrogens (tertiary/aromatic N) is 3. The summed E-state index contributed by atoms with van der Waals surface area (Å²) in [4.78, 5) is 10.6. The van der Waals surface area contributed by atoms with Crippen LogP contribution in [0.3, 0.4) is 0 Å². The van der Waals surface area contributed by atoms with Gasteiger partial charge >= 0.3 is 5.97 Å². The highest BCUT2D eigenvalue weighted by atomic mass is 16.4. The maximum absolute atomic E-state index is 10.6. The summed E-state index contributed by atoms with van der Waals surface area (Å²) in [6.07, 6.45) is 2.35. The number of carboxylic acids is 1. The topological polar surface area (TPSA) is 68.0 Å². The molecule has 5 heteroatoms. The molecule has 0 aromatic carbocycles. The van der Waals surface area contributed by atoms with Gasteiger partial charge in [-0.1, -0.05) is 0 Å². The summed E-state index contributed by atoms with van der Waals surface area (Å²) in [5.74, 6) is -0.0694. The molecule has 13 heavy (non-hydrogen) atoms. The van der Waals surface area contributed by atoms with Crippen LogP contribution in [0.5, 0.6) is 0 Å². The second-order valence-electron chi connectivity index (χ2n) is 3.26. The van der Waals surface area contributed by atoms with Crippen LogP contribution < -0.4 is 0 Å². The molecule has 0 saturated heterocycles. The molecule has 0 aliphatic heterocycles. The minimum atomic E-state index is -0.726. The summed E-state index contributed by atoms with van der Waals surface area (Å²) in [7, 11) is 0. The first-order valence-corrected chi connectivity index (χ1v) is 4.34. The molecule has 2 unspecified atom stereocenters. The van der Waals surface area contributed by atoms with E-state index in [-0.39, 0.29) is 11.8 Å². The van der Waals surface area contributed by atoms with Gasteiger partial charge in [0.1, 0.15) is 12.2 Å². The number of hydrogen-bond acceptors (Lipinski definition) is 3. The molecule has 2 atom stereocenters. The number of aromatic nitrogens is 3. The number of hydrogen-bond donors (Lipinski definition) is 1. The molecule has 1 aliphatic carbocycles. The Bertz CT molecular complexity index is 334. The molecule has 0 radical (unpaired) electrons. The van der Waals surface area contributed by atoms with Gasteiger partial charge in [0.25, 0.3) is 0 Å². The Labute approximate surface area is 75.4 Å². The first-order chi connectivity index (χ1) is 6.24. The maximum atomic E-state index is 10.6. The molecular formula is C8H11N3O2. The monoisotopic (exact) mass is 181 g/mol. The van der Waals surface area contributed by atoms with E-state index in [9.17, 15) is 4.79 Å². The lowest BCUT2D eigenvalue weighted by molar-refractivity contribution is -0.138. The molecule has 70 valence electrons. The molecule has 5 nitrogen and oxygen atoms in total. The Morgan fingerprint density at radius 2 is 2.62 bits per heavy atom. The third-order valence-corrected chi connectivity index (χ3v) is 2.43. The third-order valence-electron chi connectivity index (χ3n) is 2.43. The predicted octanol–water partition coefficient (Wildman–Crippen LogP) is 0.486. The average molecular weight is 181 g/mol. The van der Waals surface area contributed by atoms with Crippen molar-refractivity contribution in [1.82, 2.24) is 14.8 Å². The van der Waals surface area contributed by atoms with Crippen LogP contribution in [-0.2, 0) is 11.3 Å². The van der Waals surface area contributed by atoms with Gasteiger partial charge < -0.3 is 9.67 Å². The third kappa shape index (κ3) is 1.30. The maximum Gasteiger partial charge on any atom is 0.307 e. The normalized spacial score (nSPS) is 25.9. The molecule has 0 spiro atoms. The van der Waals surface area contributed by atoms with Crippen molar-refractivity contribution < 1.29 is 9.90 Å². The van der Waals surface area contributed by atoms with E-state index in [0.29, 0.717) is 6.42 Å². The van der Waals surface area contributed by atoms with Crippen molar-refractivity contribution in [2.24, 2.45) is 5.92 Å². The van der Waals surface area contributed by atoms with E-state index in [1.165, 1.54) is 0 Å². The number of aliphatic carboxylic acids is 1. The second-order valence-corrected chi connectivity index (χ2v) is 3.26. The number of carbonyl (C=O) groups is 1. The highest BCUT2D eigenvalue weighted by molar-refractivity contribution is 5.74. The van der Waals surface area contributed by atoms with Crippen molar-refractivity contribution in [2.45, 2.75) is 25.8 Å². The molecule has 1 aliphatic rings.